The van der Waals surface area contributed by atoms with E-state index in [1.807, 2.05) is 4.72 Å². The van der Waals surface area contributed by atoms with Gasteiger partial charge in [0.05, 0.1) is 16.9 Å². The van der Waals surface area contributed by atoms with E-state index in [2.05, 4.69) is 10.3 Å². The summed E-state index contributed by atoms with van der Waals surface area (Å²) in [7, 11) is -4.27. The van der Waals surface area contributed by atoms with E-state index in [4.69, 9.17) is 17.3 Å². The summed E-state index contributed by atoms with van der Waals surface area (Å²) in [6, 6.07) is 2.06. The number of thiazole rings is 1. The van der Waals surface area contributed by atoms with E-state index < -0.39 is 25.9 Å². The molecule has 0 unspecified atom stereocenters. The van der Waals surface area contributed by atoms with Crippen LogP contribution in [0, 0.1) is 10.9 Å². The summed E-state index contributed by atoms with van der Waals surface area (Å²) >= 11 is 6.59. The minimum absolute atomic E-state index is 0.0743. The molecule has 2 aromatic rings. The Morgan fingerprint density at radius 1 is 1.15 bits per heavy atom. The van der Waals surface area contributed by atoms with Crippen LogP contribution in [0.25, 0.3) is 0 Å². The highest BCUT2D eigenvalue weighted by atomic mass is 35.5. The van der Waals surface area contributed by atoms with Gasteiger partial charge in [-0.1, -0.05) is 42.2 Å². The molecule has 4 N–H and O–H groups in total. The summed E-state index contributed by atoms with van der Waals surface area (Å²) in [6.07, 6.45) is 5.90. The van der Waals surface area contributed by atoms with Gasteiger partial charge in [0.25, 0.3) is 10.0 Å². The van der Waals surface area contributed by atoms with Gasteiger partial charge < -0.3 is 11.1 Å². The van der Waals surface area contributed by atoms with Gasteiger partial charge in [-0.3, -0.25) is 4.72 Å². The molecule has 0 amide bonds. The van der Waals surface area contributed by atoms with Crippen molar-refractivity contribution in [3.05, 3.63) is 34.3 Å². The molecule has 27 heavy (non-hydrogen) atoms. The SMILES string of the molecule is NCCCCCCCNc1cc(F)c(S(=O)(=O)Nc2ncc(F)s2)cc1Cl. The predicted molar refractivity (Wildman–Crippen MR) is 105 cm³/mol. The monoisotopic (exact) mass is 438 g/mol. The Hall–Kier alpha value is -1.49. The Bertz CT molecular complexity index is 862. The van der Waals surface area contributed by atoms with Crippen molar-refractivity contribution in [3.8, 4) is 0 Å². The van der Waals surface area contributed by atoms with Crippen molar-refractivity contribution in [1.82, 2.24) is 4.98 Å². The number of hydrogen-bond donors (Lipinski definition) is 3. The highest BCUT2D eigenvalue weighted by molar-refractivity contribution is 7.93. The van der Waals surface area contributed by atoms with Gasteiger partial charge in [-0.05, 0) is 31.5 Å². The Labute approximate surface area is 166 Å². The number of benzene rings is 1. The van der Waals surface area contributed by atoms with Gasteiger partial charge in [0, 0.05) is 6.54 Å². The van der Waals surface area contributed by atoms with E-state index in [1.165, 1.54) is 0 Å². The fourth-order valence-corrected chi connectivity index (χ4v) is 4.53. The highest BCUT2D eigenvalue weighted by Gasteiger charge is 2.22. The second kappa shape index (κ2) is 10.2. The average Bonchev–Trinajstić information content (AvgIpc) is 3.00. The van der Waals surface area contributed by atoms with Crippen LogP contribution in [0.1, 0.15) is 32.1 Å². The largest absolute Gasteiger partial charge is 0.384 e. The standard InChI is InChI=1S/C16H21ClF2N4O2S2/c17-11-8-14(27(24,25)23-16-22-10-15(19)26-16)12(18)9-13(11)21-7-5-3-1-2-4-6-20/h8-10,21H,1-7,20H2,(H,22,23). The number of nitrogens with two attached hydrogens (primary N) is 1. The van der Waals surface area contributed by atoms with Crippen molar-refractivity contribution >= 4 is 43.8 Å². The minimum atomic E-state index is -4.27. The smallest absolute Gasteiger partial charge is 0.266 e. The molecule has 1 heterocycles. The molecule has 6 nitrogen and oxygen atoms in total. The Morgan fingerprint density at radius 3 is 2.52 bits per heavy atom. The molecular weight excluding hydrogens is 418 g/mol. The number of rotatable bonds is 11. The number of halogens is 3. The first-order chi connectivity index (χ1) is 12.8. The summed E-state index contributed by atoms with van der Waals surface area (Å²) in [5.41, 5.74) is 5.75. The van der Waals surface area contributed by atoms with E-state index in [1.54, 1.807) is 0 Å². The minimum Gasteiger partial charge on any atom is -0.384 e. The molecule has 150 valence electrons. The summed E-state index contributed by atoms with van der Waals surface area (Å²) in [6.45, 7) is 1.28. The highest BCUT2D eigenvalue weighted by Crippen LogP contribution is 2.30. The van der Waals surface area contributed by atoms with Crippen LogP contribution in [-0.4, -0.2) is 26.5 Å². The van der Waals surface area contributed by atoms with Crippen molar-refractivity contribution in [3.63, 3.8) is 0 Å². The zero-order chi connectivity index (χ0) is 19.9. The van der Waals surface area contributed by atoms with Gasteiger partial charge >= 0.3 is 0 Å². The second-order valence-electron chi connectivity index (χ2n) is 5.82. The van der Waals surface area contributed by atoms with Crippen LogP contribution >= 0.6 is 22.9 Å². The zero-order valence-corrected chi connectivity index (χ0v) is 16.9. The Balaban J connectivity index is 1.99. The molecule has 2 rings (SSSR count). The molecule has 0 fully saturated rings. The lowest BCUT2D eigenvalue weighted by atomic mass is 10.1. The molecule has 0 aliphatic heterocycles. The first-order valence-electron chi connectivity index (χ1n) is 8.40. The molecule has 0 spiro atoms. The predicted octanol–water partition coefficient (Wildman–Crippen LogP) is 4.20. The quantitative estimate of drug-likeness (QED) is 0.457. The lowest BCUT2D eigenvalue weighted by Crippen LogP contribution is -2.15. The molecule has 0 saturated heterocycles. The van der Waals surface area contributed by atoms with Crippen LogP contribution in [-0.2, 0) is 10.0 Å². The van der Waals surface area contributed by atoms with Gasteiger partial charge in [-0.2, -0.15) is 4.39 Å². The lowest BCUT2D eigenvalue weighted by Gasteiger charge is -2.12. The maximum atomic E-state index is 14.3. The van der Waals surface area contributed by atoms with E-state index in [0.717, 1.165) is 50.4 Å². The molecule has 0 aliphatic carbocycles. The van der Waals surface area contributed by atoms with E-state index in [9.17, 15) is 17.2 Å². The van der Waals surface area contributed by atoms with Crippen LogP contribution in [0.4, 0.5) is 19.6 Å². The zero-order valence-electron chi connectivity index (χ0n) is 14.5. The summed E-state index contributed by atoms with van der Waals surface area (Å²) in [4.78, 5) is 2.92. The van der Waals surface area contributed by atoms with Crippen molar-refractivity contribution < 1.29 is 17.2 Å². The Kier molecular flexibility index (Phi) is 8.21. The molecular formula is C16H21ClF2N4O2S2. The van der Waals surface area contributed by atoms with Crippen molar-refractivity contribution in [1.29, 1.82) is 0 Å². The Morgan fingerprint density at radius 2 is 1.85 bits per heavy atom. The summed E-state index contributed by atoms with van der Waals surface area (Å²) in [5.74, 6) is -0.964. The van der Waals surface area contributed by atoms with Crippen LogP contribution in [0.5, 0.6) is 0 Å². The number of anilines is 2. The molecule has 0 saturated carbocycles. The summed E-state index contributed by atoms with van der Waals surface area (Å²) in [5, 5.41) is 2.23. The van der Waals surface area contributed by atoms with E-state index in [0.29, 0.717) is 30.1 Å². The molecule has 0 atom stereocenters. The van der Waals surface area contributed by atoms with Crippen molar-refractivity contribution in [2.75, 3.05) is 23.1 Å². The molecule has 1 aromatic heterocycles. The molecule has 1 aromatic carbocycles. The van der Waals surface area contributed by atoms with Crippen molar-refractivity contribution in [2.24, 2.45) is 5.73 Å². The first-order valence-corrected chi connectivity index (χ1v) is 11.1. The first kappa shape index (κ1) is 21.8. The maximum Gasteiger partial charge on any atom is 0.266 e. The van der Waals surface area contributed by atoms with Gasteiger partial charge in [-0.25, -0.2) is 17.8 Å². The normalized spacial score (nSPS) is 11.6. The maximum absolute atomic E-state index is 14.3. The molecule has 0 bridgehead atoms. The third kappa shape index (κ3) is 6.56. The van der Waals surface area contributed by atoms with Crippen LogP contribution in [0.2, 0.25) is 5.02 Å². The lowest BCUT2D eigenvalue weighted by molar-refractivity contribution is 0.570. The van der Waals surface area contributed by atoms with Gasteiger partial charge in [0.2, 0.25) is 0 Å². The van der Waals surface area contributed by atoms with Crippen LogP contribution in [0.3, 0.4) is 0 Å². The second-order valence-corrected chi connectivity index (χ2v) is 8.86. The number of aromatic nitrogens is 1. The van der Waals surface area contributed by atoms with Crippen molar-refractivity contribution in [2.45, 2.75) is 37.0 Å². The number of nitrogens with zero attached hydrogens (tertiary/aromatic N) is 1. The molecule has 0 radical (unpaired) electrons. The molecule has 0 aliphatic rings. The van der Waals surface area contributed by atoms with Gasteiger partial charge in [0.1, 0.15) is 10.7 Å². The van der Waals surface area contributed by atoms with Crippen LogP contribution in [0.15, 0.2) is 23.2 Å². The van der Waals surface area contributed by atoms with Crippen LogP contribution < -0.4 is 15.8 Å². The average molecular weight is 439 g/mol. The van der Waals surface area contributed by atoms with E-state index >= 15 is 0 Å². The van der Waals surface area contributed by atoms with Gasteiger partial charge in [0.15, 0.2) is 10.3 Å². The fraction of sp³-hybridized carbons (Fsp3) is 0.438. The third-order valence-corrected chi connectivity index (χ3v) is 6.20. The topological polar surface area (TPSA) is 97.1 Å². The number of nitrogens with one attached hydrogen (secondary N) is 2. The number of sulfonamides is 1. The number of unbranched alkanes of at least 4 members (excludes halogenated alkanes) is 4. The van der Waals surface area contributed by atoms with E-state index in [-0.39, 0.29) is 10.2 Å². The number of hydrogen-bond acceptors (Lipinski definition) is 6. The third-order valence-electron chi connectivity index (χ3n) is 3.71. The molecule has 11 heteroatoms. The fourth-order valence-electron chi connectivity index (χ4n) is 2.36. The van der Waals surface area contributed by atoms with Gasteiger partial charge in [-0.15, -0.1) is 0 Å². The summed E-state index contributed by atoms with van der Waals surface area (Å²) < 4.78 is 53.9.